The van der Waals surface area contributed by atoms with Crippen molar-refractivity contribution < 1.29 is 14.3 Å². The van der Waals surface area contributed by atoms with Crippen molar-refractivity contribution in [2.24, 2.45) is 0 Å². The summed E-state index contributed by atoms with van der Waals surface area (Å²) in [5.41, 5.74) is -0.122. The molecule has 7 heteroatoms. The van der Waals surface area contributed by atoms with Crippen LogP contribution in [-0.2, 0) is 4.74 Å². The summed E-state index contributed by atoms with van der Waals surface area (Å²) in [5.74, 6) is -0.0981. The molecule has 0 radical (unpaired) electrons. The fourth-order valence-electron chi connectivity index (χ4n) is 2.01. The third-order valence-electron chi connectivity index (χ3n) is 3.08. The molecule has 1 aliphatic carbocycles. The Morgan fingerprint density at radius 2 is 2.05 bits per heavy atom. The molecule has 1 saturated carbocycles. The number of rotatable bonds is 3. The van der Waals surface area contributed by atoms with Gasteiger partial charge in [0.05, 0.1) is 12.2 Å². The van der Waals surface area contributed by atoms with Gasteiger partial charge >= 0.3 is 6.09 Å². The second kappa shape index (κ2) is 5.22. The van der Waals surface area contributed by atoms with E-state index < -0.39 is 11.7 Å². The highest BCUT2D eigenvalue weighted by Gasteiger charge is 2.33. The van der Waals surface area contributed by atoms with Gasteiger partial charge in [0, 0.05) is 13.0 Å². The molecule has 1 heterocycles. The summed E-state index contributed by atoms with van der Waals surface area (Å²) < 4.78 is 6.88. The first-order chi connectivity index (χ1) is 9.24. The minimum Gasteiger partial charge on any atom is -0.444 e. The van der Waals surface area contributed by atoms with Crippen molar-refractivity contribution in [3.05, 3.63) is 11.9 Å². The molecular weight excluding hydrogens is 260 g/mol. The smallest absolute Gasteiger partial charge is 0.407 e. The highest BCUT2D eigenvalue weighted by atomic mass is 16.6. The third kappa shape index (κ3) is 3.55. The van der Waals surface area contributed by atoms with Crippen molar-refractivity contribution in [1.29, 1.82) is 0 Å². The molecule has 0 unspecified atom stereocenters. The van der Waals surface area contributed by atoms with Gasteiger partial charge in [0.1, 0.15) is 11.3 Å². The van der Waals surface area contributed by atoms with E-state index in [1.165, 1.54) is 6.92 Å². The fourth-order valence-corrected chi connectivity index (χ4v) is 2.01. The van der Waals surface area contributed by atoms with E-state index >= 15 is 0 Å². The van der Waals surface area contributed by atoms with Crippen molar-refractivity contribution in [3.8, 4) is 0 Å². The molecule has 7 nitrogen and oxygen atoms in total. The second-order valence-electron chi connectivity index (χ2n) is 6.11. The van der Waals surface area contributed by atoms with Gasteiger partial charge in [0.15, 0.2) is 5.78 Å². The number of nitrogens with one attached hydrogen (secondary N) is 1. The number of amides is 1. The molecule has 1 fully saturated rings. The van der Waals surface area contributed by atoms with Crippen LogP contribution in [-0.4, -0.2) is 38.5 Å². The predicted molar refractivity (Wildman–Crippen MR) is 71.5 cm³/mol. The van der Waals surface area contributed by atoms with Gasteiger partial charge in [-0.3, -0.25) is 4.79 Å². The van der Waals surface area contributed by atoms with E-state index in [-0.39, 0.29) is 17.9 Å². The van der Waals surface area contributed by atoms with E-state index in [0.717, 1.165) is 12.8 Å². The van der Waals surface area contributed by atoms with E-state index in [2.05, 4.69) is 15.6 Å². The molecule has 2 rings (SSSR count). The van der Waals surface area contributed by atoms with Crippen LogP contribution in [0, 0.1) is 0 Å². The number of Topliss-reactive ketones (excluding diaryl/α,β-unsaturated/α-hetero) is 1. The Hall–Kier alpha value is -1.92. The lowest BCUT2D eigenvalue weighted by Gasteiger charge is -2.35. The summed E-state index contributed by atoms with van der Waals surface area (Å²) >= 11 is 0. The maximum Gasteiger partial charge on any atom is 0.407 e. The highest BCUT2D eigenvalue weighted by Crippen LogP contribution is 2.31. The minimum atomic E-state index is -0.491. The van der Waals surface area contributed by atoms with Gasteiger partial charge in [-0.25, -0.2) is 9.48 Å². The van der Waals surface area contributed by atoms with Gasteiger partial charge in [-0.05, 0) is 33.6 Å². The van der Waals surface area contributed by atoms with E-state index in [1.54, 1.807) is 10.9 Å². The number of hydrogen-bond acceptors (Lipinski definition) is 5. The van der Waals surface area contributed by atoms with Crippen molar-refractivity contribution in [1.82, 2.24) is 20.3 Å². The normalized spacial score (nSPS) is 22.0. The van der Waals surface area contributed by atoms with Crippen LogP contribution in [0.15, 0.2) is 6.20 Å². The molecule has 0 bridgehead atoms. The molecule has 1 N–H and O–H groups in total. The number of carbonyl (C=O) groups is 2. The number of alkyl carbamates (subject to hydrolysis) is 1. The number of carbonyl (C=O) groups excluding carboxylic acids is 2. The van der Waals surface area contributed by atoms with Gasteiger partial charge in [-0.2, -0.15) is 0 Å². The summed E-state index contributed by atoms with van der Waals surface area (Å²) in [7, 11) is 0. The van der Waals surface area contributed by atoms with Crippen LogP contribution in [0.25, 0.3) is 0 Å². The van der Waals surface area contributed by atoms with Crippen molar-refractivity contribution >= 4 is 11.9 Å². The highest BCUT2D eigenvalue weighted by molar-refractivity contribution is 5.91. The van der Waals surface area contributed by atoms with Crippen LogP contribution in [0.3, 0.4) is 0 Å². The first-order valence-corrected chi connectivity index (χ1v) is 6.67. The van der Waals surface area contributed by atoms with Crippen LogP contribution in [0.1, 0.15) is 57.1 Å². The summed E-state index contributed by atoms with van der Waals surface area (Å²) in [6.45, 7) is 6.94. The van der Waals surface area contributed by atoms with Crippen LogP contribution in [0.2, 0.25) is 0 Å². The second-order valence-corrected chi connectivity index (χ2v) is 6.11. The third-order valence-corrected chi connectivity index (χ3v) is 3.08. The Balaban J connectivity index is 1.79. The predicted octanol–water partition coefficient (Wildman–Crippen LogP) is 1.71. The van der Waals surface area contributed by atoms with Crippen LogP contribution >= 0.6 is 0 Å². The minimum absolute atomic E-state index is 0.0832. The lowest BCUT2D eigenvalue weighted by atomic mass is 9.87. The number of aromatic nitrogens is 3. The summed E-state index contributed by atoms with van der Waals surface area (Å²) in [5, 5.41) is 10.6. The molecule has 20 heavy (non-hydrogen) atoms. The molecular formula is C13H20N4O3. The Morgan fingerprint density at radius 3 is 2.55 bits per heavy atom. The molecule has 110 valence electrons. The van der Waals surface area contributed by atoms with Gasteiger partial charge in [0.25, 0.3) is 0 Å². The quantitative estimate of drug-likeness (QED) is 0.852. The van der Waals surface area contributed by atoms with Gasteiger partial charge in [-0.15, -0.1) is 5.10 Å². The maximum absolute atomic E-state index is 11.6. The van der Waals surface area contributed by atoms with E-state index in [9.17, 15) is 9.59 Å². The molecule has 0 spiro atoms. The molecule has 1 aromatic heterocycles. The maximum atomic E-state index is 11.6. The topological polar surface area (TPSA) is 86.1 Å². The van der Waals surface area contributed by atoms with Crippen LogP contribution < -0.4 is 5.32 Å². The zero-order chi connectivity index (χ0) is 14.9. The van der Waals surface area contributed by atoms with Gasteiger partial charge in [0.2, 0.25) is 0 Å². The molecule has 1 aliphatic rings. The zero-order valence-corrected chi connectivity index (χ0v) is 12.2. The average molecular weight is 280 g/mol. The molecule has 0 aliphatic heterocycles. The van der Waals surface area contributed by atoms with Crippen molar-refractivity contribution in [2.75, 3.05) is 0 Å². The van der Waals surface area contributed by atoms with Crippen LogP contribution in [0.5, 0.6) is 0 Å². The summed E-state index contributed by atoms with van der Waals surface area (Å²) in [4.78, 5) is 22.7. The van der Waals surface area contributed by atoms with Crippen molar-refractivity contribution in [3.63, 3.8) is 0 Å². The lowest BCUT2D eigenvalue weighted by molar-refractivity contribution is 0.0452. The molecule has 0 atom stereocenters. The number of ketones is 1. The Labute approximate surface area is 117 Å². The van der Waals surface area contributed by atoms with Crippen molar-refractivity contribution in [2.45, 2.75) is 58.2 Å². The molecule has 1 aromatic rings. The molecule has 0 aromatic carbocycles. The molecule has 1 amide bonds. The SMILES string of the molecule is CC(=O)c1cn(C2CC(NC(=O)OC(C)(C)C)C2)nn1. The largest absolute Gasteiger partial charge is 0.444 e. The Morgan fingerprint density at radius 1 is 1.40 bits per heavy atom. The fraction of sp³-hybridized carbons (Fsp3) is 0.692. The number of ether oxygens (including phenoxy) is 1. The summed E-state index contributed by atoms with van der Waals surface area (Å²) in [6, 6.07) is 0.260. The van der Waals surface area contributed by atoms with E-state index in [1.807, 2.05) is 20.8 Å². The first kappa shape index (κ1) is 14.5. The monoisotopic (exact) mass is 280 g/mol. The van der Waals surface area contributed by atoms with E-state index in [0.29, 0.717) is 5.69 Å². The molecule has 0 saturated heterocycles. The summed E-state index contributed by atoms with van der Waals surface area (Å²) in [6.07, 6.45) is 2.78. The zero-order valence-electron chi connectivity index (χ0n) is 12.2. The van der Waals surface area contributed by atoms with Gasteiger partial charge < -0.3 is 10.1 Å². The van der Waals surface area contributed by atoms with Crippen LogP contribution in [0.4, 0.5) is 4.79 Å². The number of nitrogens with zero attached hydrogens (tertiary/aromatic N) is 3. The van der Waals surface area contributed by atoms with Gasteiger partial charge in [-0.1, -0.05) is 5.21 Å². The van der Waals surface area contributed by atoms with E-state index in [4.69, 9.17) is 4.74 Å². The Bertz CT molecular complexity index is 512. The first-order valence-electron chi connectivity index (χ1n) is 6.67. The lowest BCUT2D eigenvalue weighted by Crippen LogP contribution is -2.46. The Kier molecular flexibility index (Phi) is 3.78. The average Bonchev–Trinajstić information content (AvgIpc) is 2.68. The number of hydrogen-bond donors (Lipinski definition) is 1. The standard InChI is InChI=1S/C13H20N4O3/c1-8(18)11-7-17(16-15-11)10-5-9(6-10)14-12(19)20-13(2,3)4/h7,9-10H,5-6H2,1-4H3,(H,14,19).